The number of carbonyl (C=O) groups excluding carboxylic acids is 1. The van der Waals surface area contributed by atoms with Crippen LogP contribution in [-0.4, -0.2) is 18.6 Å². The summed E-state index contributed by atoms with van der Waals surface area (Å²) in [5.74, 6) is 0. The molecule has 0 aliphatic rings. The number of urea groups is 1. The predicted molar refractivity (Wildman–Crippen MR) is 75.5 cm³/mol. The summed E-state index contributed by atoms with van der Waals surface area (Å²) >= 11 is 0. The van der Waals surface area contributed by atoms with Crippen LogP contribution in [0.3, 0.4) is 0 Å². The fourth-order valence-corrected chi connectivity index (χ4v) is 1.78. The van der Waals surface area contributed by atoms with Gasteiger partial charge in [0.15, 0.2) is 0 Å². The number of nitrogens with two attached hydrogens (primary N) is 1. The summed E-state index contributed by atoms with van der Waals surface area (Å²) in [5, 5.41) is 5.53. The van der Waals surface area contributed by atoms with Gasteiger partial charge in [0, 0.05) is 18.3 Å². The minimum Gasteiger partial charge on any atom is -0.336 e. The quantitative estimate of drug-likeness (QED) is 0.767. The largest absolute Gasteiger partial charge is 0.336 e. The van der Waals surface area contributed by atoms with Crippen molar-refractivity contribution >= 4 is 11.7 Å². The molecule has 0 aromatic heterocycles. The molecule has 4 N–H and O–H groups in total. The van der Waals surface area contributed by atoms with E-state index >= 15 is 0 Å². The van der Waals surface area contributed by atoms with Crippen LogP contribution in [0.15, 0.2) is 30.3 Å². The number of carbonyl (C=O) groups is 1. The fraction of sp³-hybridized carbons (Fsp3) is 0.500. The highest BCUT2D eigenvalue weighted by molar-refractivity contribution is 5.89. The van der Waals surface area contributed by atoms with Gasteiger partial charge in [-0.3, -0.25) is 0 Å². The second-order valence-corrected chi connectivity index (χ2v) is 5.73. The number of amides is 2. The van der Waals surface area contributed by atoms with Gasteiger partial charge in [0.2, 0.25) is 0 Å². The van der Waals surface area contributed by atoms with Gasteiger partial charge in [-0.25, -0.2) is 4.79 Å². The van der Waals surface area contributed by atoms with Crippen LogP contribution in [0.25, 0.3) is 0 Å². The molecule has 0 heterocycles. The lowest BCUT2D eigenvalue weighted by atomic mass is 9.88. The SMILES string of the molecule is CC(C)(C)CC(N)CNC(=O)Nc1ccccc1. The summed E-state index contributed by atoms with van der Waals surface area (Å²) in [5.41, 5.74) is 6.91. The third-order valence-corrected chi connectivity index (χ3v) is 2.43. The number of nitrogens with one attached hydrogen (secondary N) is 2. The van der Waals surface area contributed by atoms with E-state index < -0.39 is 0 Å². The van der Waals surface area contributed by atoms with Crippen LogP contribution in [0.1, 0.15) is 27.2 Å². The zero-order valence-electron chi connectivity index (χ0n) is 11.4. The minimum absolute atomic E-state index is 0.0217. The van der Waals surface area contributed by atoms with E-state index in [1.54, 1.807) is 0 Å². The molecule has 0 bridgehead atoms. The standard InChI is InChI=1S/C14H23N3O/c1-14(2,3)9-11(15)10-16-13(18)17-12-7-5-4-6-8-12/h4-8,11H,9-10,15H2,1-3H3,(H2,16,17,18). The van der Waals surface area contributed by atoms with Crippen molar-refractivity contribution < 1.29 is 4.79 Å². The molecule has 0 spiro atoms. The van der Waals surface area contributed by atoms with Crippen LogP contribution < -0.4 is 16.4 Å². The van der Waals surface area contributed by atoms with Gasteiger partial charge in [0.1, 0.15) is 0 Å². The predicted octanol–water partition coefficient (Wildman–Crippen LogP) is 2.57. The monoisotopic (exact) mass is 249 g/mol. The van der Waals surface area contributed by atoms with E-state index in [0.717, 1.165) is 12.1 Å². The van der Waals surface area contributed by atoms with Crippen molar-refractivity contribution in [2.45, 2.75) is 33.2 Å². The topological polar surface area (TPSA) is 67.1 Å². The Bertz CT molecular complexity index is 370. The second-order valence-electron chi connectivity index (χ2n) is 5.73. The Morgan fingerprint density at radius 3 is 2.44 bits per heavy atom. The van der Waals surface area contributed by atoms with Crippen LogP contribution in [0.4, 0.5) is 10.5 Å². The first kappa shape index (κ1) is 14.5. The summed E-state index contributed by atoms with van der Waals surface area (Å²) in [6.07, 6.45) is 0.874. The Balaban J connectivity index is 2.29. The van der Waals surface area contributed by atoms with E-state index in [2.05, 4.69) is 31.4 Å². The molecule has 100 valence electrons. The maximum atomic E-state index is 11.6. The summed E-state index contributed by atoms with van der Waals surface area (Å²) in [6.45, 7) is 6.89. The highest BCUT2D eigenvalue weighted by Gasteiger charge is 2.16. The first-order valence-corrected chi connectivity index (χ1v) is 6.22. The lowest BCUT2D eigenvalue weighted by molar-refractivity contribution is 0.249. The summed E-state index contributed by atoms with van der Waals surface area (Å²) < 4.78 is 0. The Morgan fingerprint density at radius 1 is 1.28 bits per heavy atom. The number of benzene rings is 1. The molecule has 4 nitrogen and oxygen atoms in total. The van der Waals surface area contributed by atoms with Gasteiger partial charge in [-0.15, -0.1) is 0 Å². The maximum Gasteiger partial charge on any atom is 0.319 e. The third kappa shape index (κ3) is 6.25. The van der Waals surface area contributed by atoms with E-state index in [1.807, 2.05) is 30.3 Å². The molecule has 1 aromatic rings. The Morgan fingerprint density at radius 2 is 1.89 bits per heavy atom. The van der Waals surface area contributed by atoms with E-state index in [1.165, 1.54) is 0 Å². The Kier molecular flexibility index (Phi) is 5.16. The second kappa shape index (κ2) is 6.40. The summed E-state index contributed by atoms with van der Waals surface area (Å²) in [7, 11) is 0. The summed E-state index contributed by atoms with van der Waals surface area (Å²) in [4.78, 5) is 11.6. The third-order valence-electron chi connectivity index (χ3n) is 2.43. The van der Waals surface area contributed by atoms with Gasteiger partial charge in [-0.1, -0.05) is 39.0 Å². The lowest BCUT2D eigenvalue weighted by Gasteiger charge is -2.23. The number of hydrogen-bond donors (Lipinski definition) is 3. The highest BCUT2D eigenvalue weighted by atomic mass is 16.2. The van der Waals surface area contributed by atoms with Crippen molar-refractivity contribution in [3.8, 4) is 0 Å². The van der Waals surface area contributed by atoms with Gasteiger partial charge in [0.25, 0.3) is 0 Å². The molecule has 18 heavy (non-hydrogen) atoms. The van der Waals surface area contributed by atoms with Gasteiger partial charge in [-0.2, -0.15) is 0 Å². The normalized spacial score (nSPS) is 12.9. The van der Waals surface area contributed by atoms with Crippen molar-refractivity contribution in [2.75, 3.05) is 11.9 Å². The molecule has 0 radical (unpaired) electrons. The first-order chi connectivity index (χ1) is 8.37. The molecule has 0 aliphatic carbocycles. The number of rotatable bonds is 4. The van der Waals surface area contributed by atoms with Crippen molar-refractivity contribution in [3.63, 3.8) is 0 Å². The molecular weight excluding hydrogens is 226 g/mol. The maximum absolute atomic E-state index is 11.6. The van der Waals surface area contributed by atoms with E-state index in [4.69, 9.17) is 5.73 Å². The average molecular weight is 249 g/mol. The average Bonchev–Trinajstić information content (AvgIpc) is 2.25. The molecule has 0 aliphatic heterocycles. The van der Waals surface area contributed by atoms with Crippen molar-refractivity contribution in [3.05, 3.63) is 30.3 Å². The lowest BCUT2D eigenvalue weighted by Crippen LogP contribution is -2.41. The van der Waals surface area contributed by atoms with Crippen LogP contribution in [0.5, 0.6) is 0 Å². The number of anilines is 1. The van der Waals surface area contributed by atoms with Gasteiger partial charge < -0.3 is 16.4 Å². The first-order valence-electron chi connectivity index (χ1n) is 6.22. The van der Waals surface area contributed by atoms with Crippen LogP contribution in [0.2, 0.25) is 0 Å². The number of para-hydroxylation sites is 1. The smallest absolute Gasteiger partial charge is 0.319 e. The molecule has 0 saturated carbocycles. The van der Waals surface area contributed by atoms with Crippen LogP contribution in [-0.2, 0) is 0 Å². The van der Waals surface area contributed by atoms with Crippen molar-refractivity contribution in [1.29, 1.82) is 0 Å². The number of hydrogen-bond acceptors (Lipinski definition) is 2. The highest BCUT2D eigenvalue weighted by Crippen LogP contribution is 2.19. The molecule has 0 saturated heterocycles. The Hall–Kier alpha value is -1.55. The molecular formula is C14H23N3O. The van der Waals surface area contributed by atoms with Crippen LogP contribution >= 0.6 is 0 Å². The van der Waals surface area contributed by atoms with Crippen molar-refractivity contribution in [1.82, 2.24) is 5.32 Å². The van der Waals surface area contributed by atoms with Gasteiger partial charge >= 0.3 is 6.03 Å². The Labute approximate surface area is 109 Å². The van der Waals surface area contributed by atoms with Crippen LogP contribution in [0, 0.1) is 5.41 Å². The van der Waals surface area contributed by atoms with Gasteiger partial charge in [0.05, 0.1) is 0 Å². The zero-order valence-corrected chi connectivity index (χ0v) is 11.4. The molecule has 4 heteroatoms. The molecule has 1 atom stereocenters. The summed E-state index contributed by atoms with van der Waals surface area (Å²) in [6, 6.07) is 9.10. The molecule has 2 amide bonds. The molecule has 1 rings (SSSR count). The van der Waals surface area contributed by atoms with E-state index in [9.17, 15) is 4.79 Å². The molecule has 1 aromatic carbocycles. The molecule has 0 fully saturated rings. The minimum atomic E-state index is -0.217. The van der Waals surface area contributed by atoms with E-state index in [-0.39, 0.29) is 17.5 Å². The van der Waals surface area contributed by atoms with Crippen molar-refractivity contribution in [2.24, 2.45) is 11.1 Å². The fourth-order valence-electron chi connectivity index (χ4n) is 1.78. The molecule has 1 unspecified atom stereocenters. The van der Waals surface area contributed by atoms with E-state index in [0.29, 0.717) is 6.54 Å². The van der Waals surface area contributed by atoms with Gasteiger partial charge in [-0.05, 0) is 24.0 Å². The zero-order chi connectivity index (χ0) is 13.6.